The van der Waals surface area contributed by atoms with Crippen LogP contribution in [0, 0.1) is 11.3 Å². The van der Waals surface area contributed by atoms with Gasteiger partial charge >= 0.3 is 0 Å². The number of aliphatic hydroxyl groups is 1. The Balaban J connectivity index is 2.01. The molecule has 0 saturated heterocycles. The van der Waals surface area contributed by atoms with Crippen molar-refractivity contribution in [1.29, 1.82) is 5.26 Å². The second-order valence-corrected chi connectivity index (χ2v) is 6.05. The summed E-state index contributed by atoms with van der Waals surface area (Å²) in [4.78, 5) is 12.7. The van der Waals surface area contributed by atoms with Gasteiger partial charge in [0.1, 0.15) is 11.6 Å². The van der Waals surface area contributed by atoms with Crippen LogP contribution in [0.15, 0.2) is 28.0 Å². The van der Waals surface area contributed by atoms with Crippen molar-refractivity contribution in [3.63, 3.8) is 0 Å². The van der Waals surface area contributed by atoms with Gasteiger partial charge in [0.2, 0.25) is 16.9 Å². The Labute approximate surface area is 164 Å². The van der Waals surface area contributed by atoms with E-state index in [0.717, 1.165) is 0 Å². The first-order valence-electron chi connectivity index (χ1n) is 8.13. The van der Waals surface area contributed by atoms with E-state index >= 15 is 0 Å². The van der Waals surface area contributed by atoms with Gasteiger partial charge < -0.3 is 21.1 Å². The lowest BCUT2D eigenvalue weighted by Gasteiger charge is -2.12. The zero-order valence-corrected chi connectivity index (χ0v) is 15.9. The topological polar surface area (TPSA) is 161 Å². The number of nitrogens with one attached hydrogen (secondary N) is 3. The Morgan fingerprint density at radius 2 is 2.07 bits per heavy atom. The molecule has 4 N–H and O–H groups in total. The molecule has 0 saturated carbocycles. The van der Waals surface area contributed by atoms with Crippen molar-refractivity contribution in [1.82, 2.24) is 24.7 Å². The molecule has 0 unspecified atom stereocenters. The number of rotatable bonds is 8. The normalized spacial score (nSPS) is 10.8. The standard InChI is InChI=1S/C15H17N11OS/c1-17-12-10(13(19-3-5-27)22-14(18-2)21-12)23-24-11-9(7-16)8-26(25-11)15-20-4-6-28-15/h4,6,8,27H,3,5H2,1-2H3,(H3,17,18,19,21,22). The second-order valence-electron chi connectivity index (χ2n) is 5.18. The van der Waals surface area contributed by atoms with E-state index < -0.39 is 0 Å². The van der Waals surface area contributed by atoms with Crippen LogP contribution in [0.4, 0.5) is 29.1 Å². The Morgan fingerprint density at radius 3 is 2.71 bits per heavy atom. The molecule has 0 fully saturated rings. The summed E-state index contributed by atoms with van der Waals surface area (Å²) in [5.74, 6) is 1.31. The Hall–Kier alpha value is -3.63. The highest BCUT2D eigenvalue weighted by atomic mass is 32.1. The number of anilines is 3. The van der Waals surface area contributed by atoms with Crippen molar-refractivity contribution < 1.29 is 5.11 Å². The summed E-state index contributed by atoms with van der Waals surface area (Å²) in [5, 5.41) is 42.2. The van der Waals surface area contributed by atoms with E-state index in [0.29, 0.717) is 28.4 Å². The number of thiazole rings is 1. The van der Waals surface area contributed by atoms with Gasteiger partial charge in [-0.25, -0.2) is 9.67 Å². The third kappa shape index (κ3) is 4.03. The molecular weight excluding hydrogens is 382 g/mol. The van der Waals surface area contributed by atoms with Gasteiger partial charge in [0.15, 0.2) is 17.3 Å². The maximum atomic E-state index is 9.36. The van der Waals surface area contributed by atoms with Gasteiger partial charge in [0.25, 0.3) is 0 Å². The molecule has 0 atom stereocenters. The summed E-state index contributed by atoms with van der Waals surface area (Å²) < 4.78 is 1.47. The monoisotopic (exact) mass is 399 g/mol. The lowest BCUT2D eigenvalue weighted by atomic mass is 10.4. The molecule has 0 bridgehead atoms. The highest BCUT2D eigenvalue weighted by Gasteiger charge is 2.15. The van der Waals surface area contributed by atoms with Crippen LogP contribution >= 0.6 is 11.3 Å². The highest BCUT2D eigenvalue weighted by molar-refractivity contribution is 7.12. The predicted molar refractivity (Wildman–Crippen MR) is 105 cm³/mol. The van der Waals surface area contributed by atoms with Gasteiger partial charge in [-0.05, 0) is 0 Å². The van der Waals surface area contributed by atoms with Crippen LogP contribution in [-0.2, 0) is 0 Å². The molecular formula is C15H17N11OS. The number of nitriles is 1. The molecule has 0 radical (unpaired) electrons. The van der Waals surface area contributed by atoms with Crippen LogP contribution in [0.1, 0.15) is 5.56 Å². The first-order valence-corrected chi connectivity index (χ1v) is 9.01. The molecule has 144 valence electrons. The highest BCUT2D eigenvalue weighted by Crippen LogP contribution is 2.33. The van der Waals surface area contributed by atoms with E-state index in [1.165, 1.54) is 22.2 Å². The maximum Gasteiger partial charge on any atom is 0.226 e. The maximum absolute atomic E-state index is 9.36. The third-order valence-corrected chi connectivity index (χ3v) is 4.18. The van der Waals surface area contributed by atoms with Gasteiger partial charge in [-0.3, -0.25) is 0 Å². The molecule has 0 spiro atoms. The lowest BCUT2D eigenvalue weighted by molar-refractivity contribution is 0.311. The van der Waals surface area contributed by atoms with E-state index in [1.54, 1.807) is 20.3 Å². The molecule has 3 aromatic rings. The first-order chi connectivity index (χ1) is 13.7. The summed E-state index contributed by atoms with van der Waals surface area (Å²) in [6.07, 6.45) is 3.19. The Morgan fingerprint density at radius 1 is 1.25 bits per heavy atom. The second kappa shape index (κ2) is 8.84. The van der Waals surface area contributed by atoms with Crippen molar-refractivity contribution in [3.8, 4) is 11.2 Å². The molecule has 0 aliphatic heterocycles. The molecule has 13 heteroatoms. The minimum absolute atomic E-state index is 0.0822. The summed E-state index contributed by atoms with van der Waals surface area (Å²) >= 11 is 1.38. The molecule has 0 aliphatic rings. The van der Waals surface area contributed by atoms with E-state index in [-0.39, 0.29) is 24.5 Å². The minimum atomic E-state index is -0.0822. The summed E-state index contributed by atoms with van der Waals surface area (Å²) in [6.45, 7) is 0.190. The third-order valence-electron chi connectivity index (χ3n) is 3.42. The van der Waals surface area contributed by atoms with E-state index in [2.05, 4.69) is 46.2 Å². The lowest BCUT2D eigenvalue weighted by Crippen LogP contribution is -2.10. The van der Waals surface area contributed by atoms with Crippen molar-refractivity contribution in [3.05, 3.63) is 23.3 Å². The number of aliphatic hydroxyl groups excluding tert-OH is 1. The Bertz CT molecular complexity index is 1010. The van der Waals surface area contributed by atoms with E-state index in [4.69, 9.17) is 5.11 Å². The first kappa shape index (κ1) is 19.1. The molecule has 0 aliphatic carbocycles. The molecule has 0 amide bonds. The van der Waals surface area contributed by atoms with Crippen molar-refractivity contribution in [2.45, 2.75) is 0 Å². The molecule has 3 rings (SSSR count). The number of aromatic nitrogens is 5. The fraction of sp³-hybridized carbons (Fsp3) is 0.267. The van der Waals surface area contributed by atoms with E-state index in [9.17, 15) is 5.26 Å². The smallest absolute Gasteiger partial charge is 0.226 e. The van der Waals surface area contributed by atoms with Crippen LogP contribution in [0.25, 0.3) is 5.13 Å². The van der Waals surface area contributed by atoms with Gasteiger partial charge in [-0.1, -0.05) is 0 Å². The quantitative estimate of drug-likeness (QED) is 0.414. The molecule has 28 heavy (non-hydrogen) atoms. The van der Waals surface area contributed by atoms with Crippen LogP contribution < -0.4 is 16.0 Å². The average Bonchev–Trinajstić information content (AvgIpc) is 3.39. The molecule has 0 aromatic carbocycles. The number of hydrogen-bond acceptors (Lipinski definition) is 12. The fourth-order valence-electron chi connectivity index (χ4n) is 2.18. The summed E-state index contributed by atoms with van der Waals surface area (Å²) in [5.41, 5.74) is 0.574. The van der Waals surface area contributed by atoms with Crippen LogP contribution in [-0.4, -0.2) is 57.1 Å². The van der Waals surface area contributed by atoms with Gasteiger partial charge in [0, 0.05) is 32.2 Å². The summed E-state index contributed by atoms with van der Waals surface area (Å²) in [7, 11) is 3.38. The zero-order chi connectivity index (χ0) is 19.9. The largest absolute Gasteiger partial charge is 0.395 e. The average molecular weight is 399 g/mol. The van der Waals surface area contributed by atoms with Crippen molar-refractivity contribution >= 4 is 40.4 Å². The Kier molecular flexibility index (Phi) is 6.04. The number of azo groups is 1. The van der Waals surface area contributed by atoms with Crippen molar-refractivity contribution in [2.24, 2.45) is 10.2 Å². The van der Waals surface area contributed by atoms with Crippen LogP contribution in [0.5, 0.6) is 0 Å². The molecule has 3 heterocycles. The SMILES string of the molecule is CNc1nc(NC)c(N=Nc2nn(-c3nccs3)cc2C#N)c(NCCO)n1. The predicted octanol–water partition coefficient (Wildman–Crippen LogP) is 1.89. The zero-order valence-electron chi connectivity index (χ0n) is 15.1. The minimum Gasteiger partial charge on any atom is -0.395 e. The van der Waals surface area contributed by atoms with Crippen molar-refractivity contribution in [2.75, 3.05) is 43.2 Å². The van der Waals surface area contributed by atoms with Gasteiger partial charge in [-0.15, -0.1) is 26.7 Å². The van der Waals surface area contributed by atoms with E-state index in [1.807, 2.05) is 11.4 Å². The van der Waals surface area contributed by atoms with Crippen LogP contribution in [0.2, 0.25) is 0 Å². The number of hydrogen-bond donors (Lipinski definition) is 4. The summed E-state index contributed by atoms with van der Waals surface area (Å²) in [6, 6.07) is 2.04. The fourth-order valence-corrected chi connectivity index (χ4v) is 2.74. The van der Waals surface area contributed by atoms with Gasteiger partial charge in [0.05, 0.1) is 12.8 Å². The number of nitrogens with zero attached hydrogens (tertiary/aromatic N) is 8. The van der Waals surface area contributed by atoms with Gasteiger partial charge in [-0.2, -0.15) is 15.2 Å². The molecule has 3 aromatic heterocycles. The van der Waals surface area contributed by atoms with Crippen LogP contribution in [0.3, 0.4) is 0 Å². The molecule has 12 nitrogen and oxygen atoms in total.